The summed E-state index contributed by atoms with van der Waals surface area (Å²) in [7, 11) is 1.35. The molecule has 1 aromatic rings. The second-order valence-electron chi connectivity index (χ2n) is 3.09. The van der Waals surface area contributed by atoms with Gasteiger partial charge in [-0.05, 0) is 18.6 Å². The van der Waals surface area contributed by atoms with Crippen LogP contribution in [0.4, 0.5) is 0 Å². The quantitative estimate of drug-likeness (QED) is 0.690. The summed E-state index contributed by atoms with van der Waals surface area (Å²) in [5.74, 6) is -1.62. The zero-order valence-electron chi connectivity index (χ0n) is 8.39. The van der Waals surface area contributed by atoms with Crippen molar-refractivity contribution in [3.8, 4) is 11.5 Å². The lowest BCUT2D eigenvalue weighted by atomic mass is 10.0. The number of phenolic OH excluding ortho intramolecular Hbond substituents is 1. The van der Waals surface area contributed by atoms with E-state index in [-0.39, 0.29) is 17.1 Å². The van der Waals surface area contributed by atoms with Crippen molar-refractivity contribution < 1.29 is 24.9 Å². The molecule has 0 saturated heterocycles. The Hall–Kier alpha value is -1.75. The molecule has 1 aromatic carbocycles. The minimum absolute atomic E-state index is 0.0400. The summed E-state index contributed by atoms with van der Waals surface area (Å²) >= 11 is 0. The Morgan fingerprint density at radius 2 is 2.07 bits per heavy atom. The number of aliphatic hydroxyl groups is 1. The molecule has 1 rings (SSSR count). The largest absolute Gasteiger partial charge is 0.504 e. The number of phenols is 1. The summed E-state index contributed by atoms with van der Waals surface area (Å²) in [5, 5.41) is 27.7. The summed E-state index contributed by atoms with van der Waals surface area (Å²) < 4.78 is 4.82. The van der Waals surface area contributed by atoms with E-state index in [1.54, 1.807) is 13.0 Å². The van der Waals surface area contributed by atoms with Gasteiger partial charge >= 0.3 is 5.97 Å². The third-order valence-corrected chi connectivity index (χ3v) is 2.13. The van der Waals surface area contributed by atoms with Gasteiger partial charge in [-0.3, -0.25) is 0 Å². The van der Waals surface area contributed by atoms with Gasteiger partial charge in [0, 0.05) is 5.56 Å². The standard InChI is InChI=1S/C10H12O5/c1-5-3-4-6(15-2)8(11)7(5)9(12)10(13)14/h3-4,9,11-12H,1-2H3,(H,13,14). The molecule has 0 aliphatic heterocycles. The van der Waals surface area contributed by atoms with Crippen molar-refractivity contribution in [1.82, 2.24) is 0 Å². The second kappa shape index (κ2) is 4.18. The van der Waals surface area contributed by atoms with Crippen LogP contribution in [-0.4, -0.2) is 28.4 Å². The summed E-state index contributed by atoms with van der Waals surface area (Å²) in [6.45, 7) is 1.60. The van der Waals surface area contributed by atoms with Gasteiger partial charge in [0.1, 0.15) is 0 Å². The van der Waals surface area contributed by atoms with Crippen LogP contribution in [0, 0.1) is 6.92 Å². The first-order valence-corrected chi connectivity index (χ1v) is 4.26. The number of hydrogen-bond donors (Lipinski definition) is 3. The van der Waals surface area contributed by atoms with E-state index in [4.69, 9.17) is 9.84 Å². The van der Waals surface area contributed by atoms with Crippen molar-refractivity contribution in [3.63, 3.8) is 0 Å². The minimum atomic E-state index is -1.75. The average Bonchev–Trinajstić information content (AvgIpc) is 2.17. The van der Waals surface area contributed by atoms with Gasteiger partial charge < -0.3 is 20.1 Å². The Balaban J connectivity index is 3.32. The van der Waals surface area contributed by atoms with Crippen LogP contribution >= 0.6 is 0 Å². The summed E-state index contributed by atoms with van der Waals surface area (Å²) in [6, 6.07) is 3.07. The molecule has 0 aromatic heterocycles. The predicted molar refractivity (Wildman–Crippen MR) is 52.0 cm³/mol. The second-order valence-corrected chi connectivity index (χ2v) is 3.09. The van der Waals surface area contributed by atoms with E-state index in [9.17, 15) is 15.0 Å². The van der Waals surface area contributed by atoms with Crippen LogP contribution in [0.15, 0.2) is 12.1 Å². The monoisotopic (exact) mass is 212 g/mol. The maximum Gasteiger partial charge on any atom is 0.337 e. The smallest absolute Gasteiger partial charge is 0.337 e. The molecule has 0 heterocycles. The molecule has 0 aliphatic carbocycles. The van der Waals surface area contributed by atoms with Gasteiger partial charge in [0.15, 0.2) is 17.6 Å². The summed E-state index contributed by atoms with van der Waals surface area (Å²) in [6.07, 6.45) is -1.75. The summed E-state index contributed by atoms with van der Waals surface area (Å²) in [4.78, 5) is 10.6. The molecule has 15 heavy (non-hydrogen) atoms. The molecule has 0 saturated carbocycles. The fourth-order valence-corrected chi connectivity index (χ4v) is 1.32. The van der Waals surface area contributed by atoms with Crippen LogP contribution < -0.4 is 4.74 Å². The van der Waals surface area contributed by atoms with Crippen LogP contribution in [0.1, 0.15) is 17.2 Å². The number of aryl methyl sites for hydroxylation is 1. The van der Waals surface area contributed by atoms with E-state index in [1.165, 1.54) is 13.2 Å². The van der Waals surface area contributed by atoms with E-state index >= 15 is 0 Å². The number of benzene rings is 1. The molecule has 5 nitrogen and oxygen atoms in total. The zero-order chi connectivity index (χ0) is 11.6. The highest BCUT2D eigenvalue weighted by molar-refractivity contribution is 5.76. The third kappa shape index (κ3) is 2.02. The van der Waals surface area contributed by atoms with Gasteiger partial charge in [-0.2, -0.15) is 0 Å². The molecular formula is C10H12O5. The number of carbonyl (C=O) groups is 1. The van der Waals surface area contributed by atoms with Crippen LogP contribution in [0.3, 0.4) is 0 Å². The first-order chi connectivity index (χ1) is 6.99. The molecular weight excluding hydrogens is 200 g/mol. The molecule has 0 radical (unpaired) electrons. The highest BCUT2D eigenvalue weighted by Gasteiger charge is 2.23. The molecule has 5 heteroatoms. The van der Waals surface area contributed by atoms with Crippen molar-refractivity contribution in [1.29, 1.82) is 0 Å². The first-order valence-electron chi connectivity index (χ1n) is 4.26. The number of aliphatic carboxylic acids is 1. The van der Waals surface area contributed by atoms with E-state index in [0.717, 1.165) is 0 Å². The SMILES string of the molecule is COc1ccc(C)c(C(O)C(=O)O)c1O. The third-order valence-electron chi connectivity index (χ3n) is 2.13. The van der Waals surface area contributed by atoms with Crippen LogP contribution in [-0.2, 0) is 4.79 Å². The van der Waals surface area contributed by atoms with Gasteiger partial charge in [0.25, 0.3) is 0 Å². The van der Waals surface area contributed by atoms with Gasteiger partial charge in [-0.15, -0.1) is 0 Å². The van der Waals surface area contributed by atoms with Crippen molar-refractivity contribution in [2.24, 2.45) is 0 Å². The molecule has 0 amide bonds. The number of carboxylic acids is 1. The Kier molecular flexibility index (Phi) is 3.16. The Morgan fingerprint density at radius 3 is 2.53 bits per heavy atom. The number of carboxylic acid groups (broad SMARTS) is 1. The van der Waals surface area contributed by atoms with Crippen molar-refractivity contribution in [3.05, 3.63) is 23.3 Å². The maximum atomic E-state index is 10.6. The van der Waals surface area contributed by atoms with Crippen molar-refractivity contribution in [2.75, 3.05) is 7.11 Å². The topological polar surface area (TPSA) is 87.0 Å². The maximum absolute atomic E-state index is 10.6. The number of aliphatic hydroxyl groups excluding tert-OH is 1. The van der Waals surface area contributed by atoms with Crippen molar-refractivity contribution in [2.45, 2.75) is 13.0 Å². The fourth-order valence-electron chi connectivity index (χ4n) is 1.32. The van der Waals surface area contributed by atoms with Gasteiger partial charge in [0.2, 0.25) is 0 Å². The zero-order valence-corrected chi connectivity index (χ0v) is 8.39. The van der Waals surface area contributed by atoms with Crippen LogP contribution in [0.2, 0.25) is 0 Å². The average molecular weight is 212 g/mol. The van der Waals surface area contributed by atoms with Gasteiger partial charge in [-0.25, -0.2) is 4.79 Å². The van der Waals surface area contributed by atoms with Gasteiger partial charge in [0.05, 0.1) is 7.11 Å². The number of rotatable bonds is 3. The Morgan fingerprint density at radius 1 is 1.47 bits per heavy atom. The van der Waals surface area contributed by atoms with E-state index in [2.05, 4.69) is 0 Å². The molecule has 0 aliphatic rings. The number of aromatic hydroxyl groups is 1. The van der Waals surface area contributed by atoms with Crippen molar-refractivity contribution >= 4 is 5.97 Å². The first kappa shape index (κ1) is 11.3. The molecule has 3 N–H and O–H groups in total. The lowest BCUT2D eigenvalue weighted by molar-refractivity contribution is -0.147. The molecule has 1 unspecified atom stereocenters. The number of ether oxygens (including phenoxy) is 1. The van der Waals surface area contributed by atoms with E-state index < -0.39 is 12.1 Å². The molecule has 0 fully saturated rings. The lowest BCUT2D eigenvalue weighted by Crippen LogP contribution is -2.12. The lowest BCUT2D eigenvalue weighted by Gasteiger charge is -2.14. The normalized spacial score (nSPS) is 12.2. The number of methoxy groups -OCH3 is 1. The molecule has 0 bridgehead atoms. The Labute approximate surface area is 86.5 Å². The molecule has 0 spiro atoms. The molecule has 82 valence electrons. The van der Waals surface area contributed by atoms with E-state index in [0.29, 0.717) is 5.56 Å². The van der Waals surface area contributed by atoms with Gasteiger partial charge in [-0.1, -0.05) is 6.07 Å². The predicted octanol–water partition coefficient (Wildman–Crippen LogP) is 0.827. The minimum Gasteiger partial charge on any atom is -0.504 e. The highest BCUT2D eigenvalue weighted by atomic mass is 16.5. The van der Waals surface area contributed by atoms with Crippen LogP contribution in [0.5, 0.6) is 11.5 Å². The molecule has 1 atom stereocenters. The Bertz CT molecular complexity index is 386. The fraction of sp³-hybridized carbons (Fsp3) is 0.300. The van der Waals surface area contributed by atoms with E-state index in [1.807, 2.05) is 0 Å². The number of hydrogen-bond acceptors (Lipinski definition) is 4. The highest BCUT2D eigenvalue weighted by Crippen LogP contribution is 2.36. The summed E-state index contributed by atoms with van der Waals surface area (Å²) in [5.41, 5.74) is 0.449. The van der Waals surface area contributed by atoms with Crippen LogP contribution in [0.25, 0.3) is 0 Å².